The van der Waals surface area contributed by atoms with Gasteiger partial charge in [0, 0.05) is 11.9 Å². The van der Waals surface area contributed by atoms with Gasteiger partial charge in [-0.3, -0.25) is 0 Å². The number of hydrogen-bond acceptors (Lipinski definition) is 0. The Morgan fingerprint density at radius 3 is 2.00 bits per heavy atom. The molecule has 0 saturated heterocycles. The predicted octanol–water partition coefficient (Wildman–Crippen LogP) is 4.74. The average Bonchev–Trinajstić information content (AvgIpc) is 2.36. The summed E-state index contributed by atoms with van der Waals surface area (Å²) in [4.78, 5) is 0. The minimum absolute atomic E-state index is 0.000309. The first-order chi connectivity index (χ1) is 9.56. The van der Waals surface area contributed by atoms with E-state index in [1.807, 2.05) is 6.07 Å². The molecule has 0 amide bonds. The van der Waals surface area contributed by atoms with Gasteiger partial charge < -0.3 is 0 Å². The van der Waals surface area contributed by atoms with Crippen molar-refractivity contribution in [2.24, 2.45) is 5.92 Å². The van der Waals surface area contributed by atoms with Gasteiger partial charge in [-0.15, -0.1) is 11.6 Å². The number of alkyl halides is 1. The lowest BCUT2D eigenvalue weighted by Gasteiger charge is -2.14. The molecule has 0 aromatic heterocycles. The molecule has 1 unspecified atom stereocenters. The molecule has 4 heteroatoms. The molecule has 0 fully saturated rings. The molecule has 0 spiro atoms. The van der Waals surface area contributed by atoms with E-state index < -0.39 is 11.6 Å². The van der Waals surface area contributed by atoms with Crippen LogP contribution >= 0.6 is 11.6 Å². The number of hydrogen-bond donors (Lipinski definition) is 0. The SMILES string of the molecule is Fc1cccc(CC(CCl)Cc2cc(F)cc(F)c2)c1. The molecule has 106 valence electrons. The first-order valence-corrected chi connectivity index (χ1v) is 6.85. The van der Waals surface area contributed by atoms with Gasteiger partial charge in [0.1, 0.15) is 17.5 Å². The molecule has 2 aromatic carbocycles. The average molecular weight is 299 g/mol. The molecule has 0 saturated carbocycles. The van der Waals surface area contributed by atoms with Crippen molar-refractivity contribution in [3.8, 4) is 0 Å². The highest BCUT2D eigenvalue weighted by Gasteiger charge is 2.12. The molecular formula is C16H14ClF3. The lowest BCUT2D eigenvalue weighted by atomic mass is 9.94. The smallest absolute Gasteiger partial charge is 0.126 e. The second-order valence-corrected chi connectivity index (χ2v) is 5.14. The molecule has 0 heterocycles. The minimum atomic E-state index is -0.598. The second-order valence-electron chi connectivity index (χ2n) is 4.84. The van der Waals surface area contributed by atoms with Gasteiger partial charge in [-0.1, -0.05) is 12.1 Å². The minimum Gasteiger partial charge on any atom is -0.207 e. The van der Waals surface area contributed by atoms with Crippen molar-refractivity contribution in [3.05, 3.63) is 71.0 Å². The fourth-order valence-corrected chi connectivity index (χ4v) is 2.46. The molecule has 2 rings (SSSR count). The van der Waals surface area contributed by atoms with Gasteiger partial charge in [0.25, 0.3) is 0 Å². The molecule has 1 atom stereocenters. The normalized spacial score (nSPS) is 12.4. The first-order valence-electron chi connectivity index (χ1n) is 6.32. The third-order valence-electron chi connectivity index (χ3n) is 3.08. The zero-order valence-electron chi connectivity index (χ0n) is 10.8. The molecule has 20 heavy (non-hydrogen) atoms. The third-order valence-corrected chi connectivity index (χ3v) is 3.51. The maximum Gasteiger partial charge on any atom is 0.126 e. The standard InChI is InChI=1S/C16H14ClF3/c17-10-13(4-11-2-1-3-14(18)6-11)5-12-7-15(19)9-16(20)8-12/h1-3,6-9,13H,4-5,10H2. The van der Waals surface area contributed by atoms with E-state index in [0.29, 0.717) is 24.3 Å². The van der Waals surface area contributed by atoms with Crippen LogP contribution in [-0.4, -0.2) is 5.88 Å². The van der Waals surface area contributed by atoms with Crippen LogP contribution in [0.5, 0.6) is 0 Å². The Bertz CT molecular complexity index is 563. The van der Waals surface area contributed by atoms with Gasteiger partial charge in [0.15, 0.2) is 0 Å². The van der Waals surface area contributed by atoms with Crippen LogP contribution in [0, 0.1) is 23.4 Å². The summed E-state index contributed by atoms with van der Waals surface area (Å²) in [6, 6.07) is 9.72. The van der Waals surface area contributed by atoms with Gasteiger partial charge in [0.05, 0.1) is 0 Å². The van der Waals surface area contributed by atoms with Crippen LogP contribution in [0.3, 0.4) is 0 Å². The number of benzene rings is 2. The summed E-state index contributed by atoms with van der Waals surface area (Å²) in [6.07, 6.45) is 1.02. The largest absolute Gasteiger partial charge is 0.207 e. The van der Waals surface area contributed by atoms with Crippen molar-refractivity contribution >= 4 is 11.6 Å². The number of halogens is 4. The monoisotopic (exact) mass is 298 g/mol. The van der Waals surface area contributed by atoms with E-state index in [4.69, 9.17) is 11.6 Å². The summed E-state index contributed by atoms with van der Waals surface area (Å²) in [7, 11) is 0. The Balaban J connectivity index is 2.09. The van der Waals surface area contributed by atoms with Gasteiger partial charge in [-0.2, -0.15) is 0 Å². The highest BCUT2D eigenvalue weighted by Crippen LogP contribution is 2.18. The quantitative estimate of drug-likeness (QED) is 0.699. The molecule has 0 aliphatic rings. The Labute approximate surface area is 121 Å². The van der Waals surface area contributed by atoms with Crippen LogP contribution in [0.25, 0.3) is 0 Å². The van der Waals surface area contributed by atoms with Crippen LogP contribution in [0.1, 0.15) is 11.1 Å². The molecular weight excluding hydrogens is 285 g/mol. The molecule has 0 nitrogen and oxygen atoms in total. The summed E-state index contributed by atoms with van der Waals surface area (Å²) < 4.78 is 39.4. The van der Waals surface area contributed by atoms with Crippen LogP contribution in [0.4, 0.5) is 13.2 Å². The second kappa shape index (κ2) is 6.80. The molecule has 0 aliphatic heterocycles. The van der Waals surface area contributed by atoms with E-state index in [2.05, 4.69) is 0 Å². The zero-order chi connectivity index (χ0) is 14.5. The van der Waals surface area contributed by atoms with E-state index in [9.17, 15) is 13.2 Å². The lowest BCUT2D eigenvalue weighted by molar-refractivity contribution is 0.555. The summed E-state index contributed by atoms with van der Waals surface area (Å²) in [5.74, 6) is -1.15. The molecule has 0 N–H and O–H groups in total. The molecule has 0 bridgehead atoms. The fraction of sp³-hybridized carbons (Fsp3) is 0.250. The van der Waals surface area contributed by atoms with Crippen LogP contribution < -0.4 is 0 Å². The highest BCUT2D eigenvalue weighted by atomic mass is 35.5. The maximum atomic E-state index is 13.1. The zero-order valence-corrected chi connectivity index (χ0v) is 11.5. The van der Waals surface area contributed by atoms with E-state index >= 15 is 0 Å². The van der Waals surface area contributed by atoms with Gasteiger partial charge in [0.2, 0.25) is 0 Å². The summed E-state index contributed by atoms with van der Waals surface area (Å²) >= 11 is 5.91. The van der Waals surface area contributed by atoms with E-state index in [-0.39, 0.29) is 11.7 Å². The molecule has 0 radical (unpaired) electrons. The summed E-state index contributed by atoms with van der Waals surface area (Å²) in [6.45, 7) is 0. The summed E-state index contributed by atoms with van der Waals surface area (Å²) in [5.41, 5.74) is 1.39. The maximum absolute atomic E-state index is 13.1. The third kappa shape index (κ3) is 4.27. The van der Waals surface area contributed by atoms with Crippen molar-refractivity contribution in [3.63, 3.8) is 0 Å². The Kier molecular flexibility index (Phi) is 5.07. The van der Waals surface area contributed by atoms with Crippen molar-refractivity contribution in [2.45, 2.75) is 12.8 Å². The Hall–Kier alpha value is -1.48. The van der Waals surface area contributed by atoms with E-state index in [1.165, 1.54) is 24.3 Å². The number of rotatable bonds is 5. The van der Waals surface area contributed by atoms with Crippen molar-refractivity contribution in [1.82, 2.24) is 0 Å². The van der Waals surface area contributed by atoms with Crippen molar-refractivity contribution < 1.29 is 13.2 Å². The van der Waals surface area contributed by atoms with Crippen molar-refractivity contribution in [1.29, 1.82) is 0 Å². The molecule has 0 aliphatic carbocycles. The first kappa shape index (κ1) is 14.9. The van der Waals surface area contributed by atoms with Gasteiger partial charge in [-0.25, -0.2) is 13.2 Å². The predicted molar refractivity (Wildman–Crippen MR) is 74.4 cm³/mol. The van der Waals surface area contributed by atoms with Crippen LogP contribution in [0.15, 0.2) is 42.5 Å². The Morgan fingerprint density at radius 2 is 1.40 bits per heavy atom. The van der Waals surface area contributed by atoms with Gasteiger partial charge in [-0.05, 0) is 54.2 Å². The van der Waals surface area contributed by atoms with E-state index in [0.717, 1.165) is 11.6 Å². The lowest BCUT2D eigenvalue weighted by Crippen LogP contribution is -2.10. The van der Waals surface area contributed by atoms with Crippen LogP contribution in [0.2, 0.25) is 0 Å². The highest BCUT2D eigenvalue weighted by molar-refractivity contribution is 6.18. The van der Waals surface area contributed by atoms with E-state index in [1.54, 1.807) is 6.07 Å². The summed E-state index contributed by atoms with van der Waals surface area (Å²) in [5, 5.41) is 0. The topological polar surface area (TPSA) is 0 Å². The fourth-order valence-electron chi connectivity index (χ4n) is 2.24. The van der Waals surface area contributed by atoms with Crippen LogP contribution in [-0.2, 0) is 12.8 Å². The van der Waals surface area contributed by atoms with Gasteiger partial charge >= 0.3 is 0 Å². The molecule has 2 aromatic rings. The van der Waals surface area contributed by atoms with Crippen molar-refractivity contribution in [2.75, 3.05) is 5.88 Å². The Morgan fingerprint density at radius 1 is 0.800 bits per heavy atom.